The standard InChI is InChI=1S/C32H32F4N8O2/c1-46-26-12-22(33)21(11-23(26)34)24-10-20(15-44-18-41-27-30(37)39-17-40-31(27)44)25(14-38-24)43-9-5-8-32(16-43,28(45)29(35)36)42-13-19-6-3-2-4-7-19/h2-4,6-7,10-12,14,17-18,28-29,42,45H,5,8-9,13,15-16H2,1H3,(H2,37,39,40)/t28-,32-/m1/s1/i1D3. The van der Waals surface area contributed by atoms with E-state index < -0.39 is 42.5 Å². The molecule has 3 aromatic heterocycles. The summed E-state index contributed by atoms with van der Waals surface area (Å²) in [5.74, 6) is -2.73. The lowest BCUT2D eigenvalue weighted by atomic mass is 9.82. The molecule has 6 rings (SSSR count). The minimum atomic E-state index is -3.03. The van der Waals surface area contributed by atoms with Gasteiger partial charge in [-0.1, -0.05) is 30.3 Å². The molecule has 2 atom stereocenters. The Balaban J connectivity index is 1.41. The summed E-state index contributed by atoms with van der Waals surface area (Å²) in [6.45, 7) is 0.698. The highest BCUT2D eigenvalue weighted by molar-refractivity contribution is 5.81. The first-order valence-corrected chi connectivity index (χ1v) is 14.4. The van der Waals surface area contributed by atoms with E-state index in [4.69, 9.17) is 9.85 Å². The van der Waals surface area contributed by atoms with Crippen molar-refractivity contribution in [3.8, 4) is 17.0 Å². The van der Waals surface area contributed by atoms with Crippen molar-refractivity contribution >= 4 is 22.7 Å². The minimum Gasteiger partial charge on any atom is -0.494 e. The number of aliphatic hydroxyl groups is 1. The zero-order valence-electron chi connectivity index (χ0n) is 27.4. The molecule has 0 spiro atoms. The number of anilines is 2. The van der Waals surface area contributed by atoms with E-state index in [1.807, 2.05) is 35.2 Å². The van der Waals surface area contributed by atoms with E-state index in [-0.39, 0.29) is 43.1 Å². The SMILES string of the molecule is [2H]C([2H])([2H])Oc1cc(F)c(-c2cc(Cn3cnc4c(N)ncnc43)c(N3CCC[C@](NCc4ccccc4)([C@H](O)C(F)F)C3)cn2)cc1F. The molecule has 2 aromatic carbocycles. The number of nitrogen functional groups attached to an aromatic ring is 1. The second-order valence-electron chi connectivity index (χ2n) is 11.2. The number of imidazole rings is 1. The Morgan fingerprint density at radius 2 is 1.93 bits per heavy atom. The van der Waals surface area contributed by atoms with Gasteiger partial charge in [0.2, 0.25) is 0 Å². The number of piperidine rings is 1. The van der Waals surface area contributed by atoms with E-state index >= 15 is 4.39 Å². The van der Waals surface area contributed by atoms with Crippen LogP contribution in [0.2, 0.25) is 0 Å². The van der Waals surface area contributed by atoms with Crippen molar-refractivity contribution in [1.82, 2.24) is 29.8 Å². The second kappa shape index (κ2) is 12.9. The van der Waals surface area contributed by atoms with Gasteiger partial charge in [-0.05, 0) is 36.1 Å². The summed E-state index contributed by atoms with van der Waals surface area (Å²) < 4.78 is 86.7. The van der Waals surface area contributed by atoms with Gasteiger partial charge in [0.1, 0.15) is 23.8 Å². The summed E-state index contributed by atoms with van der Waals surface area (Å²) in [6.07, 6.45) is -0.128. The maximum Gasteiger partial charge on any atom is 0.265 e. The van der Waals surface area contributed by atoms with E-state index in [0.29, 0.717) is 41.4 Å². The van der Waals surface area contributed by atoms with Crippen molar-refractivity contribution in [3.63, 3.8) is 0 Å². The first kappa shape index (κ1) is 27.5. The molecule has 240 valence electrons. The van der Waals surface area contributed by atoms with Gasteiger partial charge in [0, 0.05) is 31.3 Å². The average molecular weight is 640 g/mol. The van der Waals surface area contributed by atoms with Crippen molar-refractivity contribution in [1.29, 1.82) is 0 Å². The van der Waals surface area contributed by atoms with Gasteiger partial charge < -0.3 is 30.4 Å². The summed E-state index contributed by atoms with van der Waals surface area (Å²) in [6, 6.07) is 12.2. The highest BCUT2D eigenvalue weighted by Gasteiger charge is 2.46. The number of halogens is 4. The molecule has 0 bridgehead atoms. The number of alkyl halides is 2. The van der Waals surface area contributed by atoms with Crippen LogP contribution in [0.5, 0.6) is 5.75 Å². The third-order valence-corrected chi connectivity index (χ3v) is 8.30. The zero-order chi connectivity index (χ0) is 34.9. The predicted octanol–water partition coefficient (Wildman–Crippen LogP) is 4.56. The molecule has 1 aliphatic rings. The van der Waals surface area contributed by atoms with E-state index in [0.717, 1.165) is 11.6 Å². The fourth-order valence-corrected chi connectivity index (χ4v) is 5.94. The highest BCUT2D eigenvalue weighted by Crippen LogP contribution is 2.36. The largest absolute Gasteiger partial charge is 0.494 e. The molecule has 14 heteroatoms. The Labute approximate surface area is 266 Å². The number of ether oxygens (including phenoxy) is 1. The number of fused-ring (bicyclic) bond motifs is 1. The van der Waals surface area contributed by atoms with Gasteiger partial charge in [0.05, 0.1) is 47.1 Å². The summed E-state index contributed by atoms with van der Waals surface area (Å²) in [7, 11) is -3.00. The number of aromatic nitrogens is 5. The number of aliphatic hydroxyl groups excluding tert-OH is 1. The van der Waals surface area contributed by atoms with Crippen LogP contribution in [-0.2, 0) is 13.1 Å². The van der Waals surface area contributed by atoms with Crippen molar-refractivity contribution in [2.24, 2.45) is 0 Å². The molecule has 1 aliphatic heterocycles. The average Bonchev–Trinajstić information content (AvgIpc) is 3.48. The number of rotatable bonds is 10. The molecule has 0 aliphatic carbocycles. The molecule has 4 N–H and O–H groups in total. The van der Waals surface area contributed by atoms with E-state index in [9.17, 15) is 18.3 Å². The normalized spacial score (nSPS) is 18.7. The highest BCUT2D eigenvalue weighted by atomic mass is 19.3. The fraction of sp³-hybridized carbons (Fsp3) is 0.312. The third-order valence-electron chi connectivity index (χ3n) is 8.30. The van der Waals surface area contributed by atoms with Crippen LogP contribution < -0.4 is 20.7 Å². The Bertz CT molecular complexity index is 1950. The van der Waals surface area contributed by atoms with Crippen LogP contribution in [0.3, 0.4) is 0 Å². The summed E-state index contributed by atoms with van der Waals surface area (Å²) in [4.78, 5) is 18.8. The zero-order valence-corrected chi connectivity index (χ0v) is 24.4. The van der Waals surface area contributed by atoms with Crippen LogP contribution in [0.1, 0.15) is 28.1 Å². The smallest absolute Gasteiger partial charge is 0.265 e. The second-order valence-corrected chi connectivity index (χ2v) is 11.2. The van der Waals surface area contributed by atoms with Gasteiger partial charge in [-0.2, -0.15) is 0 Å². The Hall–Kier alpha value is -4.82. The van der Waals surface area contributed by atoms with Gasteiger partial charge in [0.15, 0.2) is 23.0 Å². The molecular formula is C32H32F4N8O2. The lowest BCUT2D eigenvalue weighted by molar-refractivity contribution is -0.0657. The van der Waals surface area contributed by atoms with Gasteiger partial charge in [0.25, 0.3) is 6.43 Å². The molecule has 1 saturated heterocycles. The number of nitrogens with one attached hydrogen (secondary N) is 1. The Morgan fingerprint density at radius 3 is 2.72 bits per heavy atom. The van der Waals surface area contributed by atoms with Crippen LogP contribution in [0.15, 0.2) is 67.4 Å². The third kappa shape index (κ3) is 6.05. The Kier molecular flexibility index (Phi) is 7.70. The number of nitrogens with zero attached hydrogens (tertiary/aromatic N) is 6. The molecular weight excluding hydrogens is 604 g/mol. The number of methoxy groups -OCH3 is 1. The molecule has 5 aromatic rings. The van der Waals surface area contributed by atoms with Crippen molar-refractivity contribution in [3.05, 3.63) is 90.1 Å². The van der Waals surface area contributed by atoms with Crippen LogP contribution in [-0.4, -0.2) is 67.8 Å². The van der Waals surface area contributed by atoms with E-state index in [1.165, 1.54) is 24.9 Å². The van der Waals surface area contributed by atoms with Crippen LogP contribution in [0.4, 0.5) is 29.1 Å². The number of hydrogen-bond acceptors (Lipinski definition) is 9. The maximum atomic E-state index is 15.4. The first-order valence-electron chi connectivity index (χ1n) is 15.9. The van der Waals surface area contributed by atoms with Crippen LogP contribution in [0.25, 0.3) is 22.4 Å². The molecule has 0 radical (unpaired) electrons. The van der Waals surface area contributed by atoms with Gasteiger partial charge >= 0.3 is 0 Å². The van der Waals surface area contributed by atoms with Crippen molar-refractivity contribution < 1.29 is 31.5 Å². The molecule has 4 heterocycles. The monoisotopic (exact) mass is 639 g/mol. The lowest BCUT2D eigenvalue weighted by Gasteiger charge is -2.47. The summed E-state index contributed by atoms with van der Waals surface area (Å²) in [5.41, 5.74) is 6.91. The van der Waals surface area contributed by atoms with Gasteiger partial charge in [-0.3, -0.25) is 4.98 Å². The van der Waals surface area contributed by atoms with Crippen molar-refractivity contribution in [2.75, 3.05) is 30.8 Å². The van der Waals surface area contributed by atoms with Crippen molar-refractivity contribution in [2.45, 2.75) is 44.0 Å². The van der Waals surface area contributed by atoms with E-state index in [1.54, 1.807) is 4.57 Å². The fourth-order valence-electron chi connectivity index (χ4n) is 5.94. The molecule has 10 nitrogen and oxygen atoms in total. The van der Waals surface area contributed by atoms with Gasteiger partial charge in [-0.15, -0.1) is 0 Å². The summed E-state index contributed by atoms with van der Waals surface area (Å²) >= 11 is 0. The molecule has 0 unspecified atom stereocenters. The summed E-state index contributed by atoms with van der Waals surface area (Å²) in [5, 5.41) is 14.1. The van der Waals surface area contributed by atoms with Crippen LogP contribution >= 0.6 is 0 Å². The number of pyridine rings is 1. The first-order chi connectivity index (χ1) is 23.3. The molecule has 1 fully saturated rings. The molecule has 0 amide bonds. The molecule has 46 heavy (non-hydrogen) atoms. The quantitative estimate of drug-likeness (QED) is 0.189. The Morgan fingerprint density at radius 1 is 1.11 bits per heavy atom. The molecule has 0 saturated carbocycles. The minimum absolute atomic E-state index is 0.00670. The van der Waals surface area contributed by atoms with E-state index in [2.05, 4.69) is 30.0 Å². The van der Waals surface area contributed by atoms with Crippen LogP contribution in [0, 0.1) is 11.6 Å². The van der Waals surface area contributed by atoms with Gasteiger partial charge in [-0.25, -0.2) is 32.5 Å². The number of hydrogen-bond donors (Lipinski definition) is 3. The number of nitrogens with two attached hydrogens (primary N) is 1. The maximum absolute atomic E-state index is 15.4. The lowest BCUT2D eigenvalue weighted by Crippen LogP contribution is -2.65. The number of benzene rings is 2. The predicted molar refractivity (Wildman–Crippen MR) is 164 cm³/mol. The topological polar surface area (TPSA) is 127 Å².